The lowest BCUT2D eigenvalue weighted by molar-refractivity contribution is -0.126. The van der Waals surface area contributed by atoms with E-state index in [2.05, 4.69) is 10.4 Å². The molecule has 1 atom stereocenters. The Morgan fingerprint density at radius 3 is 2.66 bits per heavy atom. The van der Waals surface area contributed by atoms with Crippen LogP contribution in [0.1, 0.15) is 23.0 Å². The Bertz CT molecular complexity index is 1380. The van der Waals surface area contributed by atoms with Crippen molar-refractivity contribution in [1.82, 2.24) is 15.1 Å². The predicted molar refractivity (Wildman–Crippen MR) is 126 cm³/mol. The Labute approximate surface area is 200 Å². The van der Waals surface area contributed by atoms with E-state index >= 15 is 0 Å². The number of rotatable bonds is 6. The van der Waals surface area contributed by atoms with Gasteiger partial charge >= 0.3 is 0 Å². The van der Waals surface area contributed by atoms with Crippen molar-refractivity contribution in [1.29, 1.82) is 0 Å². The zero-order valence-corrected chi connectivity index (χ0v) is 19.2. The maximum Gasteiger partial charge on any atom is 0.277 e. The second-order valence-electron chi connectivity index (χ2n) is 8.45. The van der Waals surface area contributed by atoms with Crippen LogP contribution in [0, 0.1) is 5.82 Å². The van der Waals surface area contributed by atoms with Crippen molar-refractivity contribution in [3.63, 3.8) is 0 Å². The van der Waals surface area contributed by atoms with Gasteiger partial charge in [-0.2, -0.15) is 5.10 Å². The van der Waals surface area contributed by atoms with E-state index in [9.17, 15) is 14.0 Å². The van der Waals surface area contributed by atoms with Crippen LogP contribution in [0.25, 0.3) is 11.5 Å². The third-order valence-electron chi connectivity index (χ3n) is 6.11. The van der Waals surface area contributed by atoms with Gasteiger partial charge in [-0.15, -0.1) is 0 Å². The smallest absolute Gasteiger partial charge is 0.277 e. The number of para-hydroxylation sites is 2. The highest BCUT2D eigenvalue weighted by Crippen LogP contribution is 2.38. The number of halogens is 1. The van der Waals surface area contributed by atoms with Crippen LogP contribution in [0.2, 0.25) is 0 Å². The van der Waals surface area contributed by atoms with Gasteiger partial charge in [0, 0.05) is 12.6 Å². The highest BCUT2D eigenvalue weighted by molar-refractivity contribution is 6.12. The average Bonchev–Trinajstić information content (AvgIpc) is 3.54. The fourth-order valence-corrected chi connectivity index (χ4v) is 4.29. The van der Waals surface area contributed by atoms with Crippen LogP contribution < -0.4 is 15.0 Å². The maximum atomic E-state index is 13.9. The van der Waals surface area contributed by atoms with E-state index in [-0.39, 0.29) is 24.8 Å². The molecule has 1 aliphatic rings. The van der Waals surface area contributed by atoms with Crippen molar-refractivity contribution in [3.8, 4) is 17.2 Å². The van der Waals surface area contributed by atoms with Crippen molar-refractivity contribution >= 4 is 17.5 Å². The van der Waals surface area contributed by atoms with Gasteiger partial charge in [-0.1, -0.05) is 24.3 Å². The average molecular weight is 474 g/mol. The summed E-state index contributed by atoms with van der Waals surface area (Å²) in [5.41, 5.74) is 0.673. The van der Waals surface area contributed by atoms with Crippen molar-refractivity contribution < 1.29 is 23.1 Å². The Kier molecular flexibility index (Phi) is 5.60. The normalized spacial score (nSPS) is 17.2. The number of amides is 2. The Balaban J connectivity index is 1.55. The van der Waals surface area contributed by atoms with E-state index in [1.54, 1.807) is 61.5 Å². The molecular formula is C26H23FN4O4. The zero-order valence-electron chi connectivity index (χ0n) is 19.2. The first-order valence-corrected chi connectivity index (χ1v) is 11.0. The molecule has 2 aromatic carbocycles. The molecule has 9 heteroatoms. The lowest BCUT2D eigenvalue weighted by Gasteiger charge is -2.43. The largest absolute Gasteiger partial charge is 0.495 e. The molecule has 0 saturated carbocycles. The molecule has 3 heterocycles. The summed E-state index contributed by atoms with van der Waals surface area (Å²) in [5.74, 6) is -0.165. The molecule has 1 unspecified atom stereocenters. The van der Waals surface area contributed by atoms with E-state index < -0.39 is 11.4 Å². The van der Waals surface area contributed by atoms with Gasteiger partial charge in [-0.3, -0.25) is 19.2 Å². The number of benzene rings is 2. The van der Waals surface area contributed by atoms with Crippen LogP contribution >= 0.6 is 0 Å². The first-order chi connectivity index (χ1) is 16.9. The summed E-state index contributed by atoms with van der Waals surface area (Å²) in [6, 6.07) is 18.1. The van der Waals surface area contributed by atoms with E-state index in [1.807, 2.05) is 0 Å². The monoisotopic (exact) mass is 474 g/mol. The van der Waals surface area contributed by atoms with Crippen LogP contribution in [0.15, 0.2) is 77.4 Å². The number of hydrogen-bond acceptors (Lipinski definition) is 5. The highest BCUT2D eigenvalue weighted by Gasteiger charge is 2.49. The molecule has 0 radical (unpaired) electrons. The van der Waals surface area contributed by atoms with Crippen molar-refractivity contribution in [3.05, 3.63) is 90.1 Å². The molecule has 2 aromatic heterocycles. The molecule has 1 N–H and O–H groups in total. The molecule has 0 saturated heterocycles. The molecule has 178 valence electrons. The molecule has 4 aromatic rings. The molecule has 8 nitrogen and oxygen atoms in total. The summed E-state index contributed by atoms with van der Waals surface area (Å²) >= 11 is 0. The quantitative estimate of drug-likeness (QED) is 0.456. The second kappa shape index (κ2) is 8.75. The second-order valence-corrected chi connectivity index (χ2v) is 8.45. The van der Waals surface area contributed by atoms with Gasteiger partial charge in [0.1, 0.15) is 28.5 Å². The van der Waals surface area contributed by atoms with Crippen LogP contribution in [-0.2, 0) is 17.9 Å². The number of hydrogen-bond donors (Lipinski definition) is 1. The van der Waals surface area contributed by atoms with E-state index in [0.717, 1.165) is 5.56 Å². The molecule has 35 heavy (non-hydrogen) atoms. The molecule has 0 aliphatic carbocycles. The number of aromatic nitrogens is 2. The first kappa shape index (κ1) is 22.4. The summed E-state index contributed by atoms with van der Waals surface area (Å²) in [4.78, 5) is 29.0. The maximum absolute atomic E-state index is 13.9. The summed E-state index contributed by atoms with van der Waals surface area (Å²) in [7, 11) is 1.51. The number of methoxy groups -OCH3 is 1. The predicted octanol–water partition coefficient (Wildman–Crippen LogP) is 4.03. The number of fused-ring (bicyclic) bond motifs is 1. The van der Waals surface area contributed by atoms with Gasteiger partial charge in [0.2, 0.25) is 5.91 Å². The third-order valence-corrected chi connectivity index (χ3v) is 6.11. The van der Waals surface area contributed by atoms with Crippen molar-refractivity contribution in [2.24, 2.45) is 0 Å². The number of carbonyl (C=O) groups excluding carboxylic acids is 2. The van der Waals surface area contributed by atoms with E-state index in [1.165, 1.54) is 35.1 Å². The topological polar surface area (TPSA) is 89.6 Å². The summed E-state index contributed by atoms with van der Waals surface area (Å²) in [6.45, 7) is 1.96. The van der Waals surface area contributed by atoms with Crippen LogP contribution in [0.5, 0.6) is 5.75 Å². The lowest BCUT2D eigenvalue weighted by Crippen LogP contribution is -2.64. The molecule has 0 bridgehead atoms. The Morgan fingerprint density at radius 1 is 1.17 bits per heavy atom. The molecule has 2 amide bonds. The minimum Gasteiger partial charge on any atom is -0.495 e. The number of ether oxygens (including phenoxy) is 1. The number of furan rings is 1. The Morgan fingerprint density at radius 2 is 1.94 bits per heavy atom. The molecular weight excluding hydrogens is 451 g/mol. The minimum absolute atomic E-state index is 0.0993. The molecule has 1 aliphatic heterocycles. The molecule has 5 rings (SSSR count). The molecule has 0 fully saturated rings. The zero-order chi connectivity index (χ0) is 24.6. The van der Waals surface area contributed by atoms with Crippen LogP contribution in [-0.4, -0.2) is 34.2 Å². The molecule has 0 spiro atoms. The van der Waals surface area contributed by atoms with Gasteiger partial charge < -0.3 is 14.5 Å². The third kappa shape index (κ3) is 3.95. The number of carbonyl (C=O) groups is 2. The Hall–Kier alpha value is -4.40. The summed E-state index contributed by atoms with van der Waals surface area (Å²) < 4.78 is 25.8. The SMILES string of the molecule is COc1ccccc1N1C(=O)c2cc(-c3ccco3)nn2CC1(C)C(=O)NCc1ccc(F)cc1. The fourth-order valence-electron chi connectivity index (χ4n) is 4.29. The number of nitrogens with zero attached hydrogens (tertiary/aromatic N) is 3. The summed E-state index contributed by atoms with van der Waals surface area (Å²) in [6.07, 6.45) is 1.53. The lowest BCUT2D eigenvalue weighted by atomic mass is 9.93. The van der Waals surface area contributed by atoms with Crippen LogP contribution in [0.3, 0.4) is 0 Å². The number of anilines is 1. The summed E-state index contributed by atoms with van der Waals surface area (Å²) in [5, 5.41) is 7.44. The van der Waals surface area contributed by atoms with Gasteiger partial charge in [0.15, 0.2) is 5.76 Å². The highest BCUT2D eigenvalue weighted by atomic mass is 19.1. The first-order valence-electron chi connectivity index (χ1n) is 11.0. The van der Waals surface area contributed by atoms with Crippen molar-refractivity contribution in [2.75, 3.05) is 12.0 Å². The number of nitrogens with one attached hydrogen (secondary N) is 1. The van der Waals surface area contributed by atoms with E-state index in [4.69, 9.17) is 9.15 Å². The van der Waals surface area contributed by atoms with E-state index in [0.29, 0.717) is 28.6 Å². The minimum atomic E-state index is -1.34. The van der Waals surface area contributed by atoms with Crippen molar-refractivity contribution in [2.45, 2.75) is 25.6 Å². The van der Waals surface area contributed by atoms with Gasteiger partial charge in [0.25, 0.3) is 5.91 Å². The van der Waals surface area contributed by atoms with Crippen LogP contribution in [0.4, 0.5) is 10.1 Å². The van der Waals surface area contributed by atoms with Gasteiger partial charge in [-0.05, 0) is 48.9 Å². The van der Waals surface area contributed by atoms with Gasteiger partial charge in [0.05, 0.1) is 25.6 Å². The van der Waals surface area contributed by atoms with Gasteiger partial charge in [-0.25, -0.2) is 4.39 Å². The standard InChI is InChI=1S/C26H23FN4O4/c1-26(25(33)28-15-17-9-11-18(27)12-10-17)16-30-21(14-19(29-30)22-8-5-13-35-22)24(32)31(26)20-6-3-4-7-23(20)34-2/h3-14H,15-16H2,1-2H3,(H,28,33). The fraction of sp³-hybridized carbons (Fsp3) is 0.192.